The van der Waals surface area contributed by atoms with Gasteiger partial charge in [0.05, 0.1) is 0 Å². The van der Waals surface area contributed by atoms with Crippen LogP contribution in [0.3, 0.4) is 0 Å². The zero-order valence-electron chi connectivity index (χ0n) is 24.2. The first-order chi connectivity index (χ1) is 21.0. The normalized spacial score (nSPS) is 12.6. The van der Waals surface area contributed by atoms with Crippen molar-refractivity contribution in [1.82, 2.24) is 16.0 Å². The number of carbonyl (C=O) groups excluding carboxylic acids is 4. The van der Waals surface area contributed by atoms with E-state index in [0.29, 0.717) is 12.0 Å². The van der Waals surface area contributed by atoms with Gasteiger partial charge in [0.2, 0.25) is 23.6 Å². The Morgan fingerprint density at radius 1 is 0.800 bits per heavy atom. The number of rotatable bonds is 14. The van der Waals surface area contributed by atoms with Crippen LogP contribution in [-0.4, -0.2) is 76.6 Å². The summed E-state index contributed by atoms with van der Waals surface area (Å²) in [5.41, 5.74) is 17.7. The number of primary amides is 1. The summed E-state index contributed by atoms with van der Waals surface area (Å²) in [5.74, 6) is -5.18. The first-order valence-corrected chi connectivity index (χ1v) is 13.3. The first-order valence-electron chi connectivity index (χ1n) is 13.3. The van der Waals surface area contributed by atoms with E-state index in [1.165, 1.54) is 19.1 Å². The number of nitrogens with one attached hydrogen (secondary N) is 3. The fourth-order valence-electron chi connectivity index (χ4n) is 3.71. The van der Waals surface area contributed by atoms with Crippen molar-refractivity contribution in [2.45, 2.75) is 56.9 Å². The van der Waals surface area contributed by atoms with Gasteiger partial charge in [-0.2, -0.15) is 13.2 Å². The molecule has 0 unspecified atom stereocenters. The van der Waals surface area contributed by atoms with Gasteiger partial charge in [-0.05, 0) is 36.1 Å². The van der Waals surface area contributed by atoms with E-state index in [9.17, 15) is 37.5 Å². The quantitative estimate of drug-likeness (QED) is 0.0774. The molecular weight excluding hydrogens is 603 g/mol. The van der Waals surface area contributed by atoms with Crippen molar-refractivity contribution in [3.8, 4) is 5.75 Å². The molecule has 0 heterocycles. The molecule has 0 saturated carbocycles. The van der Waals surface area contributed by atoms with Gasteiger partial charge >= 0.3 is 12.1 Å². The van der Waals surface area contributed by atoms with E-state index in [1.807, 2.05) is 6.07 Å². The number of hydrogen-bond donors (Lipinski definition) is 8. The van der Waals surface area contributed by atoms with Gasteiger partial charge in [0.1, 0.15) is 23.9 Å². The van der Waals surface area contributed by atoms with Gasteiger partial charge < -0.3 is 43.4 Å². The number of alkyl halides is 3. The van der Waals surface area contributed by atoms with Crippen molar-refractivity contribution < 1.29 is 47.4 Å². The zero-order valence-corrected chi connectivity index (χ0v) is 24.2. The van der Waals surface area contributed by atoms with Gasteiger partial charge in [-0.15, -0.1) is 0 Å². The topological polar surface area (TPSA) is 252 Å². The molecule has 0 aliphatic heterocycles. The molecule has 2 aromatic rings. The van der Waals surface area contributed by atoms with Gasteiger partial charge in [-0.3, -0.25) is 24.2 Å². The number of aromatic hydroxyl groups is 1. The van der Waals surface area contributed by atoms with Gasteiger partial charge in [-0.25, -0.2) is 4.79 Å². The highest BCUT2D eigenvalue weighted by molar-refractivity contribution is 5.94. The average molecular weight is 640 g/mol. The van der Waals surface area contributed by atoms with E-state index in [0.717, 1.165) is 5.56 Å². The molecule has 45 heavy (non-hydrogen) atoms. The summed E-state index contributed by atoms with van der Waals surface area (Å²) in [6, 6.07) is 12.1. The number of amides is 4. The standard InChI is InChI=1S/C26H35N7O5.C2HF3O2/c1-16(34)31-22(15-18-9-11-19(35)12-10-18)25(38)32-20(8-5-13-30-26(28)29)24(37)33-21(23(27)36)14-17-6-3-2-4-7-17;3-2(4,5)1(6)7/h2-4,6-7,9-12,20-22,35H,5,8,13-15H2,1H3,(H2,27,36)(H,31,34)(H,32,38)(H,33,37)(H4,28,29,30);(H,6,7)/t20-,21-,22-;/m1./s1. The maximum Gasteiger partial charge on any atom is 0.490 e. The van der Waals surface area contributed by atoms with Crippen molar-refractivity contribution >= 4 is 35.6 Å². The molecule has 0 saturated heterocycles. The van der Waals surface area contributed by atoms with Crippen LogP contribution >= 0.6 is 0 Å². The number of aliphatic imine (C=N–C) groups is 1. The van der Waals surface area contributed by atoms with Crippen molar-refractivity contribution in [2.24, 2.45) is 22.2 Å². The summed E-state index contributed by atoms with van der Waals surface area (Å²) < 4.78 is 31.7. The van der Waals surface area contributed by atoms with Gasteiger partial charge in [0.25, 0.3) is 0 Å². The summed E-state index contributed by atoms with van der Waals surface area (Å²) in [5, 5.41) is 24.5. The molecule has 0 aliphatic rings. The molecule has 14 nitrogen and oxygen atoms in total. The van der Waals surface area contributed by atoms with Crippen LogP contribution in [0, 0.1) is 0 Å². The van der Waals surface area contributed by atoms with Crippen molar-refractivity contribution in [1.29, 1.82) is 0 Å². The number of hydrogen-bond acceptors (Lipinski definition) is 7. The molecule has 2 aromatic carbocycles. The van der Waals surface area contributed by atoms with Crippen molar-refractivity contribution in [3.63, 3.8) is 0 Å². The lowest BCUT2D eigenvalue weighted by Crippen LogP contribution is -2.57. The van der Waals surface area contributed by atoms with Crippen LogP contribution in [-0.2, 0) is 36.8 Å². The average Bonchev–Trinajstić information content (AvgIpc) is 2.94. The van der Waals surface area contributed by atoms with Crippen molar-refractivity contribution in [3.05, 3.63) is 65.7 Å². The van der Waals surface area contributed by atoms with Gasteiger partial charge in [-0.1, -0.05) is 42.5 Å². The highest BCUT2D eigenvalue weighted by Crippen LogP contribution is 2.13. The maximum absolute atomic E-state index is 13.2. The minimum Gasteiger partial charge on any atom is -0.508 e. The Bertz CT molecular complexity index is 1320. The predicted octanol–water partition coefficient (Wildman–Crippen LogP) is -0.176. The Kier molecular flexibility index (Phi) is 15.4. The molecule has 0 radical (unpaired) electrons. The molecule has 0 fully saturated rings. The minimum absolute atomic E-state index is 0.0614. The number of carbonyl (C=O) groups is 5. The number of halogens is 3. The summed E-state index contributed by atoms with van der Waals surface area (Å²) in [4.78, 5) is 63.1. The molecule has 246 valence electrons. The third-order valence-corrected chi connectivity index (χ3v) is 5.83. The zero-order chi connectivity index (χ0) is 34.2. The number of guanidine groups is 1. The van der Waals surface area contributed by atoms with E-state index in [-0.39, 0.29) is 37.5 Å². The van der Waals surface area contributed by atoms with Crippen LogP contribution in [0.2, 0.25) is 0 Å². The summed E-state index contributed by atoms with van der Waals surface area (Å²) in [7, 11) is 0. The van der Waals surface area contributed by atoms with Gasteiger partial charge in [0, 0.05) is 26.3 Å². The van der Waals surface area contributed by atoms with E-state index in [4.69, 9.17) is 27.1 Å². The lowest BCUT2D eigenvalue weighted by atomic mass is 10.0. The number of nitrogens with zero attached hydrogens (tertiary/aromatic N) is 1. The number of carboxylic acid groups (broad SMARTS) is 1. The van der Waals surface area contributed by atoms with Crippen LogP contribution < -0.4 is 33.2 Å². The first kappa shape index (κ1) is 37.7. The second-order valence-electron chi connectivity index (χ2n) is 9.59. The van der Waals surface area contributed by atoms with Gasteiger partial charge in [0.15, 0.2) is 5.96 Å². The molecule has 0 spiro atoms. The Morgan fingerprint density at radius 2 is 1.29 bits per heavy atom. The highest BCUT2D eigenvalue weighted by atomic mass is 19.4. The number of carboxylic acids is 1. The SMILES string of the molecule is CC(=O)N[C@H](Cc1ccc(O)cc1)C(=O)N[C@H](CCCN=C(N)N)C(=O)N[C@H](Cc1ccccc1)C(N)=O.O=C(O)C(F)(F)F. The Hall–Kier alpha value is -5.35. The van der Waals surface area contributed by atoms with E-state index in [2.05, 4.69) is 20.9 Å². The lowest BCUT2D eigenvalue weighted by molar-refractivity contribution is -0.192. The Balaban J connectivity index is 0.00000129. The second kappa shape index (κ2) is 18.3. The third-order valence-electron chi connectivity index (χ3n) is 5.83. The summed E-state index contributed by atoms with van der Waals surface area (Å²) >= 11 is 0. The van der Waals surface area contributed by atoms with Crippen LogP contribution in [0.4, 0.5) is 13.2 Å². The number of aliphatic carboxylic acids is 1. The Morgan fingerprint density at radius 3 is 1.78 bits per heavy atom. The molecule has 0 aromatic heterocycles. The van der Waals surface area contributed by atoms with Crippen LogP contribution in [0.15, 0.2) is 59.6 Å². The van der Waals surface area contributed by atoms with E-state index >= 15 is 0 Å². The molecule has 3 atom stereocenters. The van der Waals surface area contributed by atoms with Crippen molar-refractivity contribution in [2.75, 3.05) is 6.54 Å². The Labute approximate surface area is 256 Å². The summed E-state index contributed by atoms with van der Waals surface area (Å²) in [6.45, 7) is 1.49. The lowest BCUT2D eigenvalue weighted by Gasteiger charge is -2.25. The fourth-order valence-corrected chi connectivity index (χ4v) is 3.71. The van der Waals surface area contributed by atoms with Crippen LogP contribution in [0.25, 0.3) is 0 Å². The van der Waals surface area contributed by atoms with Crippen LogP contribution in [0.5, 0.6) is 5.75 Å². The minimum atomic E-state index is -5.08. The largest absolute Gasteiger partial charge is 0.508 e. The monoisotopic (exact) mass is 639 g/mol. The molecule has 11 N–H and O–H groups in total. The maximum atomic E-state index is 13.2. The molecule has 4 amide bonds. The second-order valence-corrected chi connectivity index (χ2v) is 9.59. The summed E-state index contributed by atoms with van der Waals surface area (Å²) in [6.07, 6.45) is -4.30. The molecule has 0 bridgehead atoms. The molecule has 17 heteroatoms. The molecule has 2 rings (SSSR count). The smallest absolute Gasteiger partial charge is 0.490 e. The molecule has 0 aliphatic carbocycles. The number of benzene rings is 2. The number of phenolic OH excluding ortho intramolecular Hbond substituents is 1. The third kappa shape index (κ3) is 15.6. The number of nitrogens with two attached hydrogens (primary N) is 3. The highest BCUT2D eigenvalue weighted by Gasteiger charge is 2.38. The fraction of sp³-hybridized carbons (Fsp3) is 0.357. The molecular formula is C28H36F3N7O7. The predicted molar refractivity (Wildman–Crippen MR) is 156 cm³/mol. The van der Waals surface area contributed by atoms with E-state index in [1.54, 1.807) is 36.4 Å². The van der Waals surface area contributed by atoms with Crippen LogP contribution in [0.1, 0.15) is 30.9 Å². The van der Waals surface area contributed by atoms with E-state index < -0.39 is 53.9 Å². The number of phenols is 1.